The van der Waals surface area contributed by atoms with Gasteiger partial charge in [0, 0.05) is 28.9 Å². The highest BCUT2D eigenvalue weighted by atomic mass is 35.5. The molecule has 0 radical (unpaired) electrons. The first-order chi connectivity index (χ1) is 14.5. The second-order valence-corrected chi connectivity index (χ2v) is 7.58. The van der Waals surface area contributed by atoms with Gasteiger partial charge in [-0.1, -0.05) is 30.3 Å². The van der Waals surface area contributed by atoms with Crippen LogP contribution in [0.3, 0.4) is 0 Å². The summed E-state index contributed by atoms with van der Waals surface area (Å²) in [6.07, 6.45) is 3.85. The highest BCUT2D eigenvalue weighted by Crippen LogP contribution is 2.39. The third-order valence-electron chi connectivity index (χ3n) is 5.21. The number of halogens is 1. The summed E-state index contributed by atoms with van der Waals surface area (Å²) >= 11 is 6.47. The molecule has 30 heavy (non-hydrogen) atoms. The largest absolute Gasteiger partial charge is 0.348 e. The Morgan fingerprint density at radius 2 is 2.00 bits per heavy atom. The first kappa shape index (κ1) is 18.2. The maximum absolute atomic E-state index is 12.1. The molecule has 2 aromatic carbocycles. The number of pyridine rings is 1. The second kappa shape index (κ2) is 6.87. The molecule has 0 saturated heterocycles. The summed E-state index contributed by atoms with van der Waals surface area (Å²) in [5.41, 5.74) is 6.88. The zero-order chi connectivity index (χ0) is 20.8. The number of hydrogen-bond acceptors (Lipinski definition) is 4. The van der Waals surface area contributed by atoms with Crippen molar-refractivity contribution in [3.63, 3.8) is 0 Å². The molecule has 3 heterocycles. The van der Waals surface area contributed by atoms with Crippen molar-refractivity contribution in [3.05, 3.63) is 88.1 Å². The molecule has 1 aromatic heterocycles. The number of nitrogens with one attached hydrogen (secondary N) is 2. The minimum absolute atomic E-state index is 0.155. The predicted octanol–water partition coefficient (Wildman–Crippen LogP) is 5.14. The van der Waals surface area contributed by atoms with E-state index in [1.165, 1.54) is 0 Å². The number of carbonyl (C=O) groups is 1. The van der Waals surface area contributed by atoms with Gasteiger partial charge in [-0.3, -0.25) is 4.79 Å². The lowest BCUT2D eigenvalue weighted by molar-refractivity contribution is 0.0966. The smallest absolute Gasteiger partial charge is 0.253 e. The van der Waals surface area contributed by atoms with Crippen LogP contribution in [0.15, 0.2) is 60.8 Å². The van der Waals surface area contributed by atoms with Gasteiger partial charge >= 0.3 is 0 Å². The third kappa shape index (κ3) is 2.95. The molecule has 6 heteroatoms. The summed E-state index contributed by atoms with van der Waals surface area (Å²) in [5, 5.41) is 15.8. The molecule has 2 aliphatic rings. The number of nitriles is 1. The standard InChI is InChI=1S/C24H15ClN4O/c1-13-5-6-16-9-19(17-8-18-12-27-24(30)21(18)20(25)10-17)22(29-23(16)28-13)15-4-2-3-14(7-15)11-26/h2-10H,1,12H2,(H,27,30)(H,28,29). The summed E-state index contributed by atoms with van der Waals surface area (Å²) in [7, 11) is 0. The van der Waals surface area contributed by atoms with E-state index in [-0.39, 0.29) is 5.91 Å². The lowest BCUT2D eigenvalue weighted by atomic mass is 9.94. The van der Waals surface area contributed by atoms with Gasteiger partial charge in [-0.2, -0.15) is 5.26 Å². The zero-order valence-electron chi connectivity index (χ0n) is 15.8. The number of anilines is 1. The van der Waals surface area contributed by atoms with Gasteiger partial charge in [0.15, 0.2) is 0 Å². The molecule has 144 valence electrons. The van der Waals surface area contributed by atoms with Gasteiger partial charge in [0.05, 0.1) is 27.9 Å². The molecule has 2 aliphatic heterocycles. The SMILES string of the molecule is C=C1C=Cc2cc(-c3cc(Cl)c4c(c3)CNC4=O)c(-c3cccc(C#N)c3)nc2N1. The van der Waals surface area contributed by atoms with Crippen LogP contribution in [0.25, 0.3) is 28.5 Å². The highest BCUT2D eigenvalue weighted by molar-refractivity contribution is 6.34. The molecular weight excluding hydrogens is 396 g/mol. The molecular formula is C24H15ClN4O. The van der Waals surface area contributed by atoms with Crippen molar-refractivity contribution in [1.82, 2.24) is 10.3 Å². The number of carbonyl (C=O) groups excluding carboxylic acids is 1. The molecule has 5 rings (SSSR count). The van der Waals surface area contributed by atoms with E-state index in [4.69, 9.17) is 16.6 Å². The van der Waals surface area contributed by atoms with E-state index in [1.54, 1.807) is 12.1 Å². The summed E-state index contributed by atoms with van der Waals surface area (Å²) in [5.74, 6) is 0.547. The molecule has 0 bridgehead atoms. The van der Waals surface area contributed by atoms with Gasteiger partial charge in [-0.05, 0) is 53.6 Å². The fourth-order valence-corrected chi connectivity index (χ4v) is 4.12. The molecule has 0 spiro atoms. The predicted molar refractivity (Wildman–Crippen MR) is 118 cm³/mol. The van der Waals surface area contributed by atoms with Crippen LogP contribution in [0.1, 0.15) is 27.0 Å². The van der Waals surface area contributed by atoms with E-state index in [0.717, 1.165) is 39.2 Å². The Morgan fingerprint density at radius 3 is 2.83 bits per heavy atom. The van der Waals surface area contributed by atoms with Crippen LogP contribution in [0, 0.1) is 11.3 Å². The zero-order valence-corrected chi connectivity index (χ0v) is 16.5. The Morgan fingerprint density at radius 1 is 1.13 bits per heavy atom. The Bertz CT molecular complexity index is 1330. The van der Waals surface area contributed by atoms with E-state index in [2.05, 4.69) is 23.3 Å². The van der Waals surface area contributed by atoms with Gasteiger partial charge in [0.2, 0.25) is 0 Å². The second-order valence-electron chi connectivity index (χ2n) is 7.17. The summed E-state index contributed by atoms with van der Waals surface area (Å²) < 4.78 is 0. The van der Waals surface area contributed by atoms with E-state index >= 15 is 0 Å². The number of fused-ring (bicyclic) bond motifs is 2. The fraction of sp³-hybridized carbons (Fsp3) is 0.0417. The van der Waals surface area contributed by atoms with E-state index in [0.29, 0.717) is 28.5 Å². The minimum Gasteiger partial charge on any atom is -0.348 e. The normalized spacial score (nSPS) is 13.9. The van der Waals surface area contributed by atoms with Crippen LogP contribution < -0.4 is 10.6 Å². The van der Waals surface area contributed by atoms with Gasteiger partial charge in [0.25, 0.3) is 5.91 Å². The van der Waals surface area contributed by atoms with Gasteiger partial charge in [0.1, 0.15) is 5.82 Å². The van der Waals surface area contributed by atoms with Crippen LogP contribution in [-0.4, -0.2) is 10.9 Å². The molecule has 0 aliphatic carbocycles. The highest BCUT2D eigenvalue weighted by Gasteiger charge is 2.24. The van der Waals surface area contributed by atoms with Crippen molar-refractivity contribution in [3.8, 4) is 28.5 Å². The van der Waals surface area contributed by atoms with Crippen molar-refractivity contribution < 1.29 is 4.79 Å². The molecule has 0 fully saturated rings. The first-order valence-corrected chi connectivity index (χ1v) is 9.72. The minimum atomic E-state index is -0.155. The van der Waals surface area contributed by atoms with Gasteiger partial charge in [-0.25, -0.2) is 4.98 Å². The Balaban J connectivity index is 1.77. The number of amides is 1. The number of benzene rings is 2. The van der Waals surface area contributed by atoms with E-state index in [9.17, 15) is 10.1 Å². The van der Waals surface area contributed by atoms with E-state index in [1.807, 2.05) is 42.5 Å². The average Bonchev–Trinajstić information content (AvgIpc) is 3.14. The average molecular weight is 411 g/mol. The number of aromatic nitrogens is 1. The van der Waals surface area contributed by atoms with Gasteiger partial charge < -0.3 is 10.6 Å². The van der Waals surface area contributed by atoms with Crippen LogP contribution in [0.5, 0.6) is 0 Å². The monoisotopic (exact) mass is 410 g/mol. The molecule has 0 unspecified atom stereocenters. The fourth-order valence-electron chi connectivity index (χ4n) is 3.79. The lowest BCUT2D eigenvalue weighted by Gasteiger charge is -2.19. The van der Waals surface area contributed by atoms with Crippen LogP contribution in [-0.2, 0) is 6.54 Å². The Kier molecular flexibility index (Phi) is 4.16. The lowest BCUT2D eigenvalue weighted by Crippen LogP contribution is -2.12. The first-order valence-electron chi connectivity index (χ1n) is 9.34. The molecule has 2 N–H and O–H groups in total. The number of allylic oxidation sites excluding steroid dienone is 1. The molecule has 1 amide bonds. The van der Waals surface area contributed by atoms with Crippen molar-refractivity contribution in [2.45, 2.75) is 6.54 Å². The van der Waals surface area contributed by atoms with Gasteiger partial charge in [-0.15, -0.1) is 0 Å². The molecule has 0 saturated carbocycles. The molecule has 3 aromatic rings. The summed E-state index contributed by atoms with van der Waals surface area (Å²) in [4.78, 5) is 16.9. The van der Waals surface area contributed by atoms with Crippen LogP contribution >= 0.6 is 11.6 Å². The number of hydrogen-bond donors (Lipinski definition) is 2. The Hall–Kier alpha value is -3.88. The van der Waals surface area contributed by atoms with Crippen molar-refractivity contribution in [2.75, 3.05) is 5.32 Å². The topological polar surface area (TPSA) is 77.8 Å². The number of rotatable bonds is 2. The number of nitrogens with zero attached hydrogens (tertiary/aromatic N) is 2. The summed E-state index contributed by atoms with van der Waals surface area (Å²) in [6.45, 7) is 4.39. The molecule has 5 nitrogen and oxygen atoms in total. The van der Waals surface area contributed by atoms with E-state index < -0.39 is 0 Å². The van der Waals surface area contributed by atoms with Crippen molar-refractivity contribution in [2.24, 2.45) is 0 Å². The third-order valence-corrected chi connectivity index (χ3v) is 5.51. The maximum atomic E-state index is 12.1. The Labute approximate surface area is 178 Å². The van der Waals surface area contributed by atoms with Crippen molar-refractivity contribution >= 4 is 29.4 Å². The summed E-state index contributed by atoms with van der Waals surface area (Å²) in [6, 6.07) is 15.3. The van der Waals surface area contributed by atoms with Crippen LogP contribution in [0.4, 0.5) is 5.82 Å². The maximum Gasteiger partial charge on any atom is 0.253 e. The van der Waals surface area contributed by atoms with Crippen LogP contribution in [0.2, 0.25) is 5.02 Å². The quantitative estimate of drug-likeness (QED) is 0.613. The van der Waals surface area contributed by atoms with Crippen molar-refractivity contribution in [1.29, 1.82) is 5.26 Å². The molecule has 0 atom stereocenters.